The van der Waals surface area contributed by atoms with E-state index in [2.05, 4.69) is 41.6 Å². The van der Waals surface area contributed by atoms with Crippen molar-refractivity contribution in [2.24, 2.45) is 29.1 Å². The number of nitrogen functional groups attached to an aromatic ring is 1. The maximum atomic E-state index is 14.9. The van der Waals surface area contributed by atoms with E-state index in [-0.39, 0.29) is 54.1 Å². The fourth-order valence-electron chi connectivity index (χ4n) is 7.79. The maximum absolute atomic E-state index is 14.9. The number of carbonyl (C=O) groups excluding carboxylic acids is 4. The molecule has 14 heteroatoms. The number of carboxylic acid groups (broad SMARTS) is 1. The molecule has 0 saturated carbocycles. The van der Waals surface area contributed by atoms with Gasteiger partial charge in [0.2, 0.25) is 23.6 Å². The molecule has 2 heterocycles. The Hall–Kier alpha value is -4.04. The van der Waals surface area contributed by atoms with Crippen molar-refractivity contribution in [2.75, 3.05) is 31.2 Å². The number of nitrogens with one attached hydrogen (secondary N) is 3. The van der Waals surface area contributed by atoms with Crippen molar-refractivity contribution in [3.05, 3.63) is 40.2 Å². The van der Waals surface area contributed by atoms with E-state index in [4.69, 9.17) is 10.7 Å². The van der Waals surface area contributed by atoms with Gasteiger partial charge in [-0.1, -0.05) is 72.4 Å². The number of carbonyl (C=O) groups is 5. The van der Waals surface area contributed by atoms with E-state index in [0.717, 1.165) is 57.1 Å². The molecule has 0 bridgehead atoms. The number of aliphatic carboxylic acids is 1. The molecule has 0 spiro atoms. The number of hydrogen-bond acceptors (Lipinski definition) is 9. The fourth-order valence-corrected chi connectivity index (χ4v) is 8.60. The Morgan fingerprint density at radius 3 is 2.31 bits per heavy atom. The van der Waals surface area contributed by atoms with Crippen LogP contribution < -0.4 is 21.7 Å². The van der Waals surface area contributed by atoms with E-state index in [1.54, 1.807) is 31.4 Å². The number of benzene rings is 1. The molecule has 1 fully saturated rings. The molecule has 1 aromatic carbocycles. The first-order chi connectivity index (χ1) is 27.4. The molecule has 13 nitrogen and oxygen atoms in total. The van der Waals surface area contributed by atoms with Gasteiger partial charge in [0.25, 0.3) is 0 Å². The number of aromatic nitrogens is 1. The zero-order chi connectivity index (χ0) is 43.2. The highest BCUT2D eigenvalue weighted by molar-refractivity contribution is 7.10. The molecule has 4 amide bonds. The Morgan fingerprint density at radius 2 is 1.72 bits per heavy atom. The molecule has 3 rings (SSSR count). The Morgan fingerprint density at radius 1 is 1.03 bits per heavy atom. The van der Waals surface area contributed by atoms with E-state index in [1.165, 1.54) is 18.3 Å². The van der Waals surface area contributed by atoms with Crippen LogP contribution in [0.1, 0.15) is 136 Å². The quantitative estimate of drug-likeness (QED) is 0.0437. The Kier molecular flexibility index (Phi) is 19.1. The number of rotatable bonds is 23. The smallest absolute Gasteiger partial charge is 0.309 e. The second-order valence-electron chi connectivity index (χ2n) is 17.4. The van der Waals surface area contributed by atoms with Crippen molar-refractivity contribution in [3.63, 3.8) is 0 Å². The van der Waals surface area contributed by atoms with Gasteiger partial charge < -0.3 is 31.7 Å². The number of nitrogens with two attached hydrogens (primary N) is 1. The summed E-state index contributed by atoms with van der Waals surface area (Å²) in [6, 6.07) is 6.24. The Balaban J connectivity index is 1.94. The van der Waals surface area contributed by atoms with Gasteiger partial charge in [-0.15, -0.1) is 11.3 Å². The van der Waals surface area contributed by atoms with Gasteiger partial charge in [0, 0.05) is 36.5 Å². The lowest BCUT2D eigenvalue weighted by atomic mass is 9.80. The fraction of sp³-hybridized carbons (Fsp3) is 0.682. The molecule has 324 valence electrons. The molecular weight excluding hydrogens is 755 g/mol. The minimum absolute atomic E-state index is 0.0256. The Labute approximate surface area is 350 Å². The van der Waals surface area contributed by atoms with Crippen molar-refractivity contribution in [1.29, 1.82) is 0 Å². The molecule has 0 radical (unpaired) electrons. The number of nitrogens with zero attached hydrogens (tertiary/aromatic N) is 3. The molecule has 6 atom stereocenters. The van der Waals surface area contributed by atoms with Crippen molar-refractivity contribution in [3.8, 4) is 0 Å². The van der Waals surface area contributed by atoms with Crippen molar-refractivity contribution in [2.45, 2.75) is 144 Å². The van der Waals surface area contributed by atoms with Gasteiger partial charge in [-0.2, -0.15) is 0 Å². The van der Waals surface area contributed by atoms with Crippen LogP contribution in [0.2, 0.25) is 0 Å². The van der Waals surface area contributed by atoms with E-state index in [0.29, 0.717) is 42.3 Å². The average Bonchev–Trinajstić information content (AvgIpc) is 3.63. The summed E-state index contributed by atoms with van der Waals surface area (Å²) < 4.78 is 0. The molecule has 6 N–H and O–H groups in total. The molecule has 1 aliphatic rings. The van der Waals surface area contributed by atoms with Crippen LogP contribution in [0.3, 0.4) is 0 Å². The van der Waals surface area contributed by atoms with Gasteiger partial charge in [0.15, 0.2) is 0 Å². The van der Waals surface area contributed by atoms with Crippen LogP contribution in [0.25, 0.3) is 0 Å². The summed E-state index contributed by atoms with van der Waals surface area (Å²) in [5.74, 6) is -3.51. The SMILES string of the molecule is CCCCCCN(C(=O)[C@H](C(=O)N[C@H]1CCCCN1C)[C@@H](C)CC)[C@H](C[C@@H](NC(C)=O)c1nc(NC(=O)[C@@H](Cc2ccc(N)cc2)CC(C)(C)C(=O)O)cs1)C(C)C. The zero-order valence-corrected chi connectivity index (χ0v) is 37.3. The normalized spacial score (nSPS) is 17.4. The van der Waals surface area contributed by atoms with Crippen LogP contribution in [-0.2, 0) is 30.4 Å². The summed E-state index contributed by atoms with van der Waals surface area (Å²) in [5.41, 5.74) is 6.16. The monoisotopic (exact) mass is 826 g/mol. The standard InChI is InChI=1S/C44H71N7O6S/c1-10-12-13-15-23-51(42(55)38(29(5)11-2)40(54)49-37-17-14-16-22-50(37)9)35(28(3)4)25-34(46-30(6)52)41-48-36(27-58-41)47-39(53)32(26-44(7,8)43(56)57)24-31-18-20-33(45)21-19-31/h18-21,27-29,32,34-35,37-38H,10-17,22-26,45H2,1-9H3,(H,46,52)(H,47,53)(H,49,54)(H,56,57)/t29-,32-,34+,35+,37+,38-/m0/s1. The lowest BCUT2D eigenvalue weighted by Gasteiger charge is -2.40. The van der Waals surface area contributed by atoms with Crippen LogP contribution in [0, 0.1) is 29.1 Å². The summed E-state index contributed by atoms with van der Waals surface area (Å²) in [6.07, 6.45) is 8.07. The lowest BCUT2D eigenvalue weighted by Crippen LogP contribution is -2.56. The van der Waals surface area contributed by atoms with E-state index < -0.39 is 29.3 Å². The number of hydrogen-bond donors (Lipinski definition) is 5. The van der Waals surface area contributed by atoms with Gasteiger partial charge in [-0.3, -0.25) is 28.9 Å². The number of carboxylic acids is 1. The highest BCUT2D eigenvalue weighted by Crippen LogP contribution is 2.33. The third-order valence-corrected chi connectivity index (χ3v) is 12.6. The predicted molar refractivity (Wildman–Crippen MR) is 232 cm³/mol. The predicted octanol–water partition coefficient (Wildman–Crippen LogP) is 7.24. The third-order valence-electron chi connectivity index (χ3n) is 11.6. The first kappa shape index (κ1) is 48.3. The summed E-state index contributed by atoms with van der Waals surface area (Å²) in [5, 5.41) is 21.4. The number of thiazole rings is 1. The van der Waals surface area contributed by atoms with E-state index >= 15 is 0 Å². The lowest BCUT2D eigenvalue weighted by molar-refractivity contribution is -0.149. The minimum atomic E-state index is -1.16. The number of likely N-dealkylation sites (tertiary alicyclic amines) is 1. The number of anilines is 2. The molecule has 2 aromatic rings. The number of piperidine rings is 1. The van der Waals surface area contributed by atoms with Gasteiger partial charge in [-0.25, -0.2) is 4.98 Å². The van der Waals surface area contributed by atoms with Crippen LogP contribution in [0.15, 0.2) is 29.6 Å². The first-order valence-electron chi connectivity index (χ1n) is 21.3. The molecule has 0 unspecified atom stereocenters. The van der Waals surface area contributed by atoms with Crippen LogP contribution >= 0.6 is 11.3 Å². The summed E-state index contributed by atoms with van der Waals surface area (Å²) >= 11 is 1.29. The topological polar surface area (TPSA) is 187 Å². The maximum Gasteiger partial charge on any atom is 0.309 e. The van der Waals surface area contributed by atoms with Gasteiger partial charge in [0.1, 0.15) is 16.7 Å². The highest BCUT2D eigenvalue weighted by Gasteiger charge is 2.40. The first-order valence-corrected chi connectivity index (χ1v) is 22.2. The Bertz CT molecular complexity index is 1650. The zero-order valence-electron chi connectivity index (χ0n) is 36.4. The molecule has 1 aromatic heterocycles. The molecule has 1 aliphatic heterocycles. The average molecular weight is 826 g/mol. The molecule has 0 aliphatic carbocycles. The van der Waals surface area contributed by atoms with Gasteiger partial charge in [-0.05, 0) is 102 Å². The summed E-state index contributed by atoms with van der Waals surface area (Å²) in [7, 11) is 2.01. The van der Waals surface area contributed by atoms with Crippen molar-refractivity contribution >= 4 is 52.4 Å². The van der Waals surface area contributed by atoms with Gasteiger partial charge >= 0.3 is 5.97 Å². The molecular formula is C44H71N7O6S. The number of amides is 4. The van der Waals surface area contributed by atoms with Crippen LogP contribution in [0.4, 0.5) is 11.5 Å². The van der Waals surface area contributed by atoms with Crippen LogP contribution in [-0.4, -0.2) is 81.8 Å². The largest absolute Gasteiger partial charge is 0.481 e. The second-order valence-corrected chi connectivity index (χ2v) is 18.2. The minimum Gasteiger partial charge on any atom is -0.481 e. The highest BCUT2D eigenvalue weighted by atomic mass is 32.1. The van der Waals surface area contributed by atoms with Crippen LogP contribution in [0.5, 0.6) is 0 Å². The van der Waals surface area contributed by atoms with E-state index in [9.17, 15) is 29.1 Å². The van der Waals surface area contributed by atoms with Crippen molar-refractivity contribution in [1.82, 2.24) is 25.4 Å². The van der Waals surface area contributed by atoms with Gasteiger partial charge in [0.05, 0.1) is 17.6 Å². The van der Waals surface area contributed by atoms with E-state index in [1.807, 2.05) is 37.9 Å². The summed E-state index contributed by atoms with van der Waals surface area (Å²) in [4.78, 5) is 76.5. The third kappa shape index (κ3) is 14.4. The molecule has 58 heavy (non-hydrogen) atoms. The summed E-state index contributed by atoms with van der Waals surface area (Å²) in [6.45, 7) is 16.3. The molecule has 1 saturated heterocycles. The number of unbranched alkanes of at least 4 members (excludes halogenated alkanes) is 3. The second kappa shape index (κ2) is 22.9. The van der Waals surface area contributed by atoms with Crippen molar-refractivity contribution < 1.29 is 29.1 Å².